The molecule has 10 heteroatoms. The number of thioether (sulfide) groups is 1. The molecule has 21 heavy (non-hydrogen) atoms. The largest absolute Gasteiger partial charge is 0.467 e. The van der Waals surface area contributed by atoms with E-state index >= 15 is 0 Å². The molecule has 0 unspecified atom stereocenters. The van der Waals surface area contributed by atoms with E-state index in [2.05, 4.69) is 20.8 Å². The summed E-state index contributed by atoms with van der Waals surface area (Å²) in [5.41, 5.74) is 0. The van der Waals surface area contributed by atoms with Crippen molar-refractivity contribution in [2.75, 3.05) is 11.6 Å². The fourth-order valence-electron chi connectivity index (χ4n) is 1.37. The van der Waals surface area contributed by atoms with E-state index in [1.807, 2.05) is 0 Å². The number of hydrogen-bond acceptors (Lipinski definition) is 7. The molecule has 0 bridgehead atoms. The Kier molecular flexibility index (Phi) is 4.82. The van der Waals surface area contributed by atoms with E-state index in [1.54, 1.807) is 19.1 Å². The third kappa shape index (κ3) is 4.24. The van der Waals surface area contributed by atoms with Gasteiger partial charge in [0.25, 0.3) is 0 Å². The summed E-state index contributed by atoms with van der Waals surface area (Å²) in [7, 11) is 0. The van der Waals surface area contributed by atoms with E-state index in [-0.39, 0.29) is 12.3 Å². The molecule has 2 rings (SSSR count). The molecule has 0 aromatic carbocycles. The number of rotatable bonds is 5. The summed E-state index contributed by atoms with van der Waals surface area (Å²) in [6.45, 7) is 1.90. The Morgan fingerprint density at radius 3 is 2.90 bits per heavy atom. The molecule has 9 nitrogen and oxygen atoms in total. The molecular formula is C11H14N6O3S. The lowest BCUT2D eigenvalue weighted by Gasteiger charge is -2.05. The molecule has 3 amide bonds. The Labute approximate surface area is 124 Å². The molecule has 4 N–H and O–H groups in total. The lowest BCUT2D eigenvalue weighted by molar-refractivity contribution is -0.117. The maximum atomic E-state index is 11.6. The molecule has 0 saturated carbocycles. The molecule has 0 spiro atoms. The van der Waals surface area contributed by atoms with Crippen molar-refractivity contribution in [1.29, 1.82) is 0 Å². The van der Waals surface area contributed by atoms with Gasteiger partial charge in [-0.3, -0.25) is 10.1 Å². The molecule has 0 aliphatic heterocycles. The number of carbonyl (C=O) groups excluding carboxylic acids is 2. The highest BCUT2D eigenvalue weighted by Crippen LogP contribution is 2.13. The first-order valence-electron chi connectivity index (χ1n) is 5.96. The summed E-state index contributed by atoms with van der Waals surface area (Å²) in [6.07, 6.45) is 1.50. The minimum absolute atomic E-state index is 0.00348. The van der Waals surface area contributed by atoms with Gasteiger partial charge in [-0.1, -0.05) is 11.8 Å². The molecule has 0 atom stereocenters. The minimum Gasteiger partial charge on any atom is -0.467 e. The van der Waals surface area contributed by atoms with Crippen LogP contribution in [0.5, 0.6) is 0 Å². The van der Waals surface area contributed by atoms with Crippen LogP contribution >= 0.6 is 11.8 Å². The van der Waals surface area contributed by atoms with Gasteiger partial charge < -0.3 is 15.6 Å². The first-order valence-corrected chi connectivity index (χ1v) is 6.95. The zero-order chi connectivity index (χ0) is 15.2. The van der Waals surface area contributed by atoms with Gasteiger partial charge in [-0.05, 0) is 19.1 Å². The second kappa shape index (κ2) is 6.79. The maximum Gasteiger partial charge on any atom is 0.321 e. The van der Waals surface area contributed by atoms with E-state index in [1.165, 1.54) is 10.9 Å². The zero-order valence-corrected chi connectivity index (χ0v) is 12.0. The van der Waals surface area contributed by atoms with Crippen molar-refractivity contribution in [2.45, 2.75) is 18.6 Å². The third-order valence-electron chi connectivity index (χ3n) is 2.42. The van der Waals surface area contributed by atoms with E-state index in [0.29, 0.717) is 16.7 Å². The lowest BCUT2D eigenvalue weighted by Crippen LogP contribution is -2.39. The van der Waals surface area contributed by atoms with E-state index in [4.69, 9.17) is 10.3 Å². The van der Waals surface area contributed by atoms with Crippen LogP contribution < -0.4 is 16.5 Å². The van der Waals surface area contributed by atoms with E-state index < -0.39 is 11.9 Å². The second-order valence-corrected chi connectivity index (χ2v) is 4.94. The van der Waals surface area contributed by atoms with Crippen LogP contribution in [0.2, 0.25) is 0 Å². The average Bonchev–Trinajstić information content (AvgIpc) is 3.07. The van der Waals surface area contributed by atoms with Gasteiger partial charge in [0.2, 0.25) is 11.1 Å². The highest BCUT2D eigenvalue weighted by Gasteiger charge is 2.12. The highest BCUT2D eigenvalue weighted by molar-refractivity contribution is 7.99. The molecule has 0 aliphatic carbocycles. The van der Waals surface area contributed by atoms with Crippen molar-refractivity contribution in [3.63, 3.8) is 0 Å². The van der Waals surface area contributed by atoms with Gasteiger partial charge >= 0.3 is 6.03 Å². The van der Waals surface area contributed by atoms with Crippen molar-refractivity contribution in [3.8, 4) is 0 Å². The summed E-state index contributed by atoms with van der Waals surface area (Å²) in [4.78, 5) is 23.1. The van der Waals surface area contributed by atoms with Crippen molar-refractivity contribution in [1.82, 2.24) is 25.5 Å². The smallest absolute Gasteiger partial charge is 0.321 e. The highest BCUT2D eigenvalue weighted by atomic mass is 32.2. The quantitative estimate of drug-likeness (QED) is 0.524. The topological polar surface area (TPSA) is 128 Å². The molecule has 2 heterocycles. The van der Waals surface area contributed by atoms with E-state index in [9.17, 15) is 9.59 Å². The predicted octanol–water partition coefficient (Wildman–Crippen LogP) is 0.0114. The molecule has 112 valence electrons. The van der Waals surface area contributed by atoms with Crippen LogP contribution in [0.3, 0.4) is 0 Å². The zero-order valence-electron chi connectivity index (χ0n) is 11.2. The maximum absolute atomic E-state index is 11.6. The number of furan rings is 1. The van der Waals surface area contributed by atoms with Gasteiger partial charge in [0, 0.05) is 0 Å². The fraction of sp³-hybridized carbons (Fsp3) is 0.273. The average molecular weight is 310 g/mol. The summed E-state index contributed by atoms with van der Waals surface area (Å²) >= 11 is 1.09. The Balaban J connectivity index is 1.71. The van der Waals surface area contributed by atoms with Gasteiger partial charge in [0.05, 0.1) is 18.6 Å². The predicted molar refractivity (Wildman–Crippen MR) is 74.7 cm³/mol. The number of hydrogen-bond donors (Lipinski definition) is 3. The molecule has 0 saturated heterocycles. The Morgan fingerprint density at radius 2 is 2.29 bits per heavy atom. The normalized spacial score (nSPS) is 10.3. The number of imide groups is 1. The number of urea groups is 1. The van der Waals surface area contributed by atoms with Crippen LogP contribution in [-0.2, 0) is 11.3 Å². The van der Waals surface area contributed by atoms with Crippen LogP contribution in [-0.4, -0.2) is 32.6 Å². The molecule has 0 aliphatic rings. The summed E-state index contributed by atoms with van der Waals surface area (Å²) in [5.74, 6) is 6.32. The minimum atomic E-state index is -0.595. The van der Waals surface area contributed by atoms with Crippen LogP contribution in [0.15, 0.2) is 28.0 Å². The monoisotopic (exact) mass is 310 g/mol. The Bertz CT molecular complexity index is 624. The standard InChI is InChI=1S/C11H14N6O3S/c1-7-15-16-11(17(7)12)21-6-9(18)14-10(19)13-5-8-3-2-4-20-8/h2-4H,5-6,12H2,1H3,(H2,13,14,18,19). The lowest BCUT2D eigenvalue weighted by atomic mass is 10.4. The molecule has 2 aromatic heterocycles. The fourth-order valence-corrected chi connectivity index (χ4v) is 2.07. The van der Waals surface area contributed by atoms with Gasteiger partial charge in [0.15, 0.2) is 0 Å². The number of aromatic nitrogens is 3. The number of nitrogens with zero attached hydrogens (tertiary/aromatic N) is 3. The number of nitrogen functional groups attached to an aromatic ring is 1. The SMILES string of the molecule is Cc1nnc(SCC(=O)NC(=O)NCc2ccco2)n1N. The van der Waals surface area contributed by atoms with Gasteiger partial charge in [-0.2, -0.15) is 0 Å². The van der Waals surface area contributed by atoms with Crippen molar-refractivity contribution in [3.05, 3.63) is 30.0 Å². The number of amides is 3. The summed E-state index contributed by atoms with van der Waals surface area (Å²) in [5, 5.41) is 12.6. The van der Waals surface area contributed by atoms with Gasteiger partial charge in [-0.15, -0.1) is 10.2 Å². The first kappa shape index (κ1) is 14.9. The number of nitrogens with one attached hydrogen (secondary N) is 2. The van der Waals surface area contributed by atoms with Crippen molar-refractivity contribution < 1.29 is 14.0 Å². The van der Waals surface area contributed by atoms with E-state index in [0.717, 1.165) is 11.8 Å². The molecule has 0 radical (unpaired) electrons. The van der Waals surface area contributed by atoms with Gasteiger partial charge in [-0.25, -0.2) is 9.47 Å². The van der Waals surface area contributed by atoms with Crippen LogP contribution in [0.1, 0.15) is 11.6 Å². The van der Waals surface area contributed by atoms with Crippen LogP contribution in [0.4, 0.5) is 4.79 Å². The van der Waals surface area contributed by atoms with Crippen LogP contribution in [0.25, 0.3) is 0 Å². The number of aryl methyl sites for hydroxylation is 1. The summed E-state index contributed by atoms with van der Waals surface area (Å²) < 4.78 is 6.32. The second-order valence-electron chi connectivity index (χ2n) is 4.00. The number of carbonyl (C=O) groups is 2. The third-order valence-corrected chi connectivity index (χ3v) is 3.37. The molecule has 0 fully saturated rings. The van der Waals surface area contributed by atoms with Crippen molar-refractivity contribution >= 4 is 23.7 Å². The number of nitrogens with two attached hydrogens (primary N) is 1. The Morgan fingerprint density at radius 1 is 1.48 bits per heavy atom. The first-order chi connectivity index (χ1) is 10.1. The summed E-state index contributed by atoms with van der Waals surface area (Å²) in [6, 6.07) is 2.83. The Hall–Kier alpha value is -2.49. The molecule has 2 aromatic rings. The van der Waals surface area contributed by atoms with Crippen molar-refractivity contribution in [2.24, 2.45) is 0 Å². The van der Waals surface area contributed by atoms with Crippen LogP contribution in [0, 0.1) is 6.92 Å². The van der Waals surface area contributed by atoms with Gasteiger partial charge in [0.1, 0.15) is 11.6 Å². The molecular weight excluding hydrogens is 296 g/mol.